The average Bonchev–Trinajstić information content (AvgIpc) is 3.63. The van der Waals surface area contributed by atoms with Crippen LogP contribution in [0.3, 0.4) is 0 Å². The molecule has 2 aromatic heterocycles. The second kappa shape index (κ2) is 8.00. The predicted molar refractivity (Wildman–Crippen MR) is 126 cm³/mol. The molecule has 0 unspecified atom stereocenters. The van der Waals surface area contributed by atoms with Crippen molar-refractivity contribution in [3.8, 4) is 0 Å². The van der Waals surface area contributed by atoms with Crippen molar-refractivity contribution in [1.82, 2.24) is 24.6 Å². The maximum Gasteiger partial charge on any atom is 0.223 e. The van der Waals surface area contributed by atoms with E-state index >= 15 is 0 Å². The average molecular weight is 474 g/mol. The zero-order valence-electron chi connectivity index (χ0n) is 19.0. The molecule has 1 spiro atoms. The third-order valence-electron chi connectivity index (χ3n) is 7.21. The van der Waals surface area contributed by atoms with E-state index in [0.717, 1.165) is 68.0 Å². The molecule has 11 heteroatoms. The van der Waals surface area contributed by atoms with Crippen LogP contribution < -0.4 is 15.5 Å². The minimum absolute atomic E-state index is 0.121. The van der Waals surface area contributed by atoms with Gasteiger partial charge in [0.05, 0.1) is 26.0 Å². The first-order chi connectivity index (χ1) is 15.9. The maximum absolute atomic E-state index is 11.8. The number of nitrogens with zero attached hydrogens (tertiary/aromatic N) is 5. The highest BCUT2D eigenvalue weighted by Gasteiger charge is 2.46. The fraction of sp³-hybridized carbons (Fsp3) is 0.682. The van der Waals surface area contributed by atoms with Crippen molar-refractivity contribution in [2.75, 3.05) is 62.3 Å². The number of anilines is 2. The summed E-state index contributed by atoms with van der Waals surface area (Å²) >= 11 is 0. The van der Waals surface area contributed by atoms with E-state index < -0.39 is 10.0 Å². The summed E-state index contributed by atoms with van der Waals surface area (Å²) in [5.74, 6) is 2.05. The van der Waals surface area contributed by atoms with Gasteiger partial charge in [-0.25, -0.2) is 27.7 Å². The van der Waals surface area contributed by atoms with Crippen molar-refractivity contribution in [1.29, 1.82) is 0 Å². The molecular weight excluding hydrogens is 442 g/mol. The van der Waals surface area contributed by atoms with Crippen molar-refractivity contribution in [2.24, 2.45) is 0 Å². The van der Waals surface area contributed by atoms with Crippen LogP contribution in [0.15, 0.2) is 12.3 Å². The van der Waals surface area contributed by atoms with Crippen molar-refractivity contribution < 1.29 is 13.2 Å². The molecule has 0 bridgehead atoms. The van der Waals surface area contributed by atoms with Gasteiger partial charge < -0.3 is 20.3 Å². The van der Waals surface area contributed by atoms with Crippen LogP contribution in [-0.2, 0) is 14.8 Å². The molecule has 4 aliphatic rings. The molecule has 3 aliphatic heterocycles. The van der Waals surface area contributed by atoms with Crippen LogP contribution in [0.1, 0.15) is 37.3 Å². The Morgan fingerprint density at radius 2 is 1.97 bits per heavy atom. The minimum atomic E-state index is -3.13. The van der Waals surface area contributed by atoms with Gasteiger partial charge in [0.2, 0.25) is 16.0 Å². The first-order valence-electron chi connectivity index (χ1n) is 11.9. The Hall–Kier alpha value is -2.08. The lowest BCUT2D eigenvalue weighted by Crippen LogP contribution is -2.70. The number of hydrogen-bond acceptors (Lipinski definition) is 9. The van der Waals surface area contributed by atoms with Gasteiger partial charge in [-0.2, -0.15) is 0 Å². The van der Waals surface area contributed by atoms with Crippen molar-refractivity contribution in [3.63, 3.8) is 0 Å². The lowest BCUT2D eigenvalue weighted by Gasteiger charge is -2.52. The predicted octanol–water partition coefficient (Wildman–Crippen LogP) is 0.917. The van der Waals surface area contributed by atoms with E-state index in [0.29, 0.717) is 25.0 Å². The van der Waals surface area contributed by atoms with Crippen LogP contribution >= 0.6 is 0 Å². The number of nitrogens with one attached hydrogen (secondary N) is 2. The second-order valence-corrected chi connectivity index (χ2v) is 11.9. The van der Waals surface area contributed by atoms with E-state index in [4.69, 9.17) is 14.7 Å². The van der Waals surface area contributed by atoms with Crippen LogP contribution in [0.2, 0.25) is 0 Å². The van der Waals surface area contributed by atoms with Gasteiger partial charge >= 0.3 is 0 Å². The number of hydrogen-bond donors (Lipinski definition) is 2. The molecule has 10 nitrogen and oxygen atoms in total. The Kier molecular flexibility index (Phi) is 5.20. The number of fused-ring (bicyclic) bond motifs is 1. The number of rotatable bonds is 5. The van der Waals surface area contributed by atoms with Gasteiger partial charge in [-0.1, -0.05) is 0 Å². The van der Waals surface area contributed by atoms with Crippen LogP contribution in [0, 0.1) is 0 Å². The molecule has 0 radical (unpaired) electrons. The second-order valence-electron chi connectivity index (χ2n) is 9.92. The zero-order chi connectivity index (χ0) is 22.6. The molecule has 3 saturated heterocycles. The largest absolute Gasteiger partial charge is 0.369 e. The minimum Gasteiger partial charge on any atom is -0.369 e. The SMILES string of the molecule is CS(=O)(=O)N1CCC(Nc2ncc3cc(C4CC4)nc(N4CC5(CNCCO5)C4)c3n2)CC1. The number of piperidine rings is 1. The highest BCUT2D eigenvalue weighted by atomic mass is 32.2. The summed E-state index contributed by atoms with van der Waals surface area (Å²) in [6.07, 6.45) is 7.02. The number of sulfonamides is 1. The molecule has 0 atom stereocenters. The molecule has 2 aromatic rings. The highest BCUT2D eigenvalue weighted by molar-refractivity contribution is 7.88. The lowest BCUT2D eigenvalue weighted by atomic mass is 9.92. The van der Waals surface area contributed by atoms with E-state index in [1.807, 2.05) is 6.20 Å². The molecule has 33 heavy (non-hydrogen) atoms. The number of morpholine rings is 1. The molecule has 2 N–H and O–H groups in total. The molecular formula is C22H31N7O3S. The van der Waals surface area contributed by atoms with Gasteiger partial charge in [-0.05, 0) is 31.7 Å². The van der Waals surface area contributed by atoms with Gasteiger partial charge in [-0.3, -0.25) is 0 Å². The number of pyridine rings is 1. The lowest BCUT2D eigenvalue weighted by molar-refractivity contribution is -0.0830. The molecule has 5 heterocycles. The normalized spacial score (nSPS) is 24.2. The van der Waals surface area contributed by atoms with Crippen LogP contribution in [0.25, 0.3) is 10.9 Å². The standard InChI is InChI=1S/C22H31N7O3S/c1-33(30,31)29-7-4-17(5-8-29)25-21-24-11-16-10-18(15-2-3-15)26-20(19(16)27-21)28-13-22(14-28)12-23-6-9-32-22/h10-11,15,17,23H,2-9,12-14H2,1H3,(H,24,25,27). The van der Waals surface area contributed by atoms with E-state index in [1.54, 1.807) is 0 Å². The van der Waals surface area contributed by atoms with E-state index in [9.17, 15) is 8.42 Å². The quantitative estimate of drug-likeness (QED) is 0.654. The first kappa shape index (κ1) is 21.5. The Labute approximate surface area is 194 Å². The van der Waals surface area contributed by atoms with Gasteiger partial charge in [0.1, 0.15) is 11.1 Å². The van der Waals surface area contributed by atoms with Crippen molar-refractivity contribution in [3.05, 3.63) is 18.0 Å². The molecule has 6 rings (SSSR count). The Morgan fingerprint density at radius 3 is 2.64 bits per heavy atom. The molecule has 0 aromatic carbocycles. The van der Waals surface area contributed by atoms with Gasteiger partial charge in [0.25, 0.3) is 0 Å². The molecule has 1 aliphatic carbocycles. The Balaban J connectivity index is 1.24. The maximum atomic E-state index is 11.8. The molecule has 0 amide bonds. The number of ether oxygens (including phenoxy) is 1. The van der Waals surface area contributed by atoms with E-state index in [1.165, 1.54) is 23.4 Å². The summed E-state index contributed by atoms with van der Waals surface area (Å²) in [6.45, 7) is 5.19. The summed E-state index contributed by atoms with van der Waals surface area (Å²) in [4.78, 5) is 16.8. The van der Waals surface area contributed by atoms with Crippen LogP contribution in [0.4, 0.5) is 11.8 Å². The summed E-state index contributed by atoms with van der Waals surface area (Å²) in [7, 11) is -3.13. The Morgan fingerprint density at radius 1 is 1.18 bits per heavy atom. The van der Waals surface area contributed by atoms with Crippen molar-refractivity contribution in [2.45, 2.75) is 43.2 Å². The Bertz CT molecular complexity index is 1150. The van der Waals surface area contributed by atoms with E-state index in [-0.39, 0.29) is 11.6 Å². The van der Waals surface area contributed by atoms with Crippen LogP contribution in [-0.4, -0.2) is 91.4 Å². The summed E-state index contributed by atoms with van der Waals surface area (Å²) in [5, 5.41) is 7.89. The van der Waals surface area contributed by atoms with Gasteiger partial charge in [0.15, 0.2) is 5.82 Å². The van der Waals surface area contributed by atoms with Crippen molar-refractivity contribution >= 4 is 32.7 Å². The van der Waals surface area contributed by atoms with Gasteiger partial charge in [0, 0.05) is 55.4 Å². The summed E-state index contributed by atoms with van der Waals surface area (Å²) < 4.78 is 31.2. The number of aromatic nitrogens is 3. The zero-order valence-corrected chi connectivity index (χ0v) is 19.8. The fourth-order valence-corrected chi connectivity index (χ4v) is 6.02. The topological polar surface area (TPSA) is 113 Å². The first-order valence-corrected chi connectivity index (χ1v) is 13.7. The summed E-state index contributed by atoms with van der Waals surface area (Å²) in [5.41, 5.74) is 1.88. The monoisotopic (exact) mass is 473 g/mol. The fourth-order valence-electron chi connectivity index (χ4n) is 5.14. The van der Waals surface area contributed by atoms with E-state index in [2.05, 4.69) is 26.6 Å². The summed E-state index contributed by atoms with van der Waals surface area (Å²) in [6, 6.07) is 2.29. The van der Waals surface area contributed by atoms with Crippen LogP contribution in [0.5, 0.6) is 0 Å². The van der Waals surface area contributed by atoms with Gasteiger partial charge in [-0.15, -0.1) is 0 Å². The molecule has 1 saturated carbocycles. The molecule has 4 fully saturated rings. The third-order valence-corrected chi connectivity index (χ3v) is 8.51. The smallest absolute Gasteiger partial charge is 0.223 e. The highest BCUT2D eigenvalue weighted by Crippen LogP contribution is 2.42. The third kappa shape index (κ3) is 4.27. The molecule has 178 valence electrons.